The number of amides is 2. The Morgan fingerprint density at radius 2 is 1.81 bits per heavy atom. The van der Waals surface area contributed by atoms with Gasteiger partial charge in [0.2, 0.25) is 0 Å². The van der Waals surface area contributed by atoms with Gasteiger partial charge >= 0.3 is 12.0 Å². The van der Waals surface area contributed by atoms with Gasteiger partial charge in [0, 0.05) is 29.9 Å². The van der Waals surface area contributed by atoms with Crippen molar-refractivity contribution in [3.8, 4) is 17.2 Å². The second kappa shape index (κ2) is 11.5. The third kappa shape index (κ3) is 6.22. The molecule has 0 unspecified atom stereocenters. The third-order valence-corrected chi connectivity index (χ3v) is 7.00. The van der Waals surface area contributed by atoms with E-state index in [9.17, 15) is 9.59 Å². The highest BCUT2D eigenvalue weighted by Gasteiger charge is 2.32. The molecule has 1 aliphatic carbocycles. The summed E-state index contributed by atoms with van der Waals surface area (Å²) >= 11 is 0. The van der Waals surface area contributed by atoms with Gasteiger partial charge in [0.25, 0.3) is 0 Å². The first kappa shape index (κ1) is 25.7. The first-order chi connectivity index (χ1) is 17.4. The van der Waals surface area contributed by atoms with Crippen molar-refractivity contribution in [1.82, 2.24) is 4.90 Å². The first-order valence-corrected chi connectivity index (χ1v) is 12.7. The van der Waals surface area contributed by atoms with Gasteiger partial charge in [-0.1, -0.05) is 25.0 Å². The van der Waals surface area contributed by atoms with Crippen molar-refractivity contribution in [2.45, 2.75) is 58.0 Å². The maximum atomic E-state index is 13.6. The fourth-order valence-electron chi connectivity index (χ4n) is 4.67. The number of anilines is 1. The smallest absolute Gasteiger partial charge is 0.325 e. The second-order valence-electron chi connectivity index (χ2n) is 9.69. The molecule has 1 heterocycles. The summed E-state index contributed by atoms with van der Waals surface area (Å²) in [5.41, 5.74) is 2.27. The van der Waals surface area contributed by atoms with Crippen LogP contribution in [0.1, 0.15) is 50.2 Å². The average Bonchev–Trinajstić information content (AvgIpc) is 3.69. The minimum atomic E-state index is -0.897. The van der Waals surface area contributed by atoms with E-state index < -0.39 is 5.97 Å². The first-order valence-electron chi connectivity index (χ1n) is 12.7. The van der Waals surface area contributed by atoms with Gasteiger partial charge in [0.15, 0.2) is 11.5 Å². The molecule has 0 aromatic heterocycles. The Morgan fingerprint density at radius 1 is 1.03 bits per heavy atom. The number of ether oxygens (including phenoxy) is 3. The van der Waals surface area contributed by atoms with Crippen molar-refractivity contribution in [2.75, 3.05) is 32.3 Å². The molecule has 1 saturated carbocycles. The predicted molar refractivity (Wildman–Crippen MR) is 137 cm³/mol. The minimum absolute atomic E-state index is 0.0496. The number of carbonyl (C=O) groups excluding carboxylic acids is 1. The van der Waals surface area contributed by atoms with E-state index in [0.29, 0.717) is 42.5 Å². The molecule has 8 heteroatoms. The summed E-state index contributed by atoms with van der Waals surface area (Å²) in [4.78, 5) is 28.3. The van der Waals surface area contributed by atoms with Crippen LogP contribution in [0.5, 0.6) is 17.2 Å². The predicted octanol–water partition coefficient (Wildman–Crippen LogP) is 5.12. The van der Waals surface area contributed by atoms with Crippen molar-refractivity contribution in [1.29, 1.82) is 0 Å². The van der Waals surface area contributed by atoms with Crippen LogP contribution in [-0.2, 0) is 17.8 Å². The molecule has 2 aromatic carbocycles. The van der Waals surface area contributed by atoms with Crippen molar-refractivity contribution in [2.24, 2.45) is 5.92 Å². The summed E-state index contributed by atoms with van der Waals surface area (Å²) in [5.74, 6) is 1.86. The van der Waals surface area contributed by atoms with Gasteiger partial charge in [-0.05, 0) is 55.9 Å². The molecule has 4 rings (SSSR count). The Morgan fingerprint density at radius 3 is 2.50 bits per heavy atom. The van der Waals surface area contributed by atoms with Gasteiger partial charge in [0.05, 0.1) is 33.8 Å². The van der Waals surface area contributed by atoms with Gasteiger partial charge in [-0.3, -0.25) is 9.69 Å². The summed E-state index contributed by atoms with van der Waals surface area (Å²) in [6.07, 6.45) is 5.62. The van der Waals surface area contributed by atoms with Gasteiger partial charge in [-0.15, -0.1) is 0 Å². The highest BCUT2D eigenvalue weighted by Crippen LogP contribution is 2.36. The lowest BCUT2D eigenvalue weighted by Crippen LogP contribution is -2.53. The van der Waals surface area contributed by atoms with Crippen LogP contribution in [0.4, 0.5) is 10.5 Å². The summed E-state index contributed by atoms with van der Waals surface area (Å²) in [5, 5.41) is 9.09. The molecule has 36 heavy (non-hydrogen) atoms. The Hall–Kier alpha value is -3.42. The van der Waals surface area contributed by atoms with Crippen molar-refractivity contribution < 1.29 is 28.9 Å². The Bertz CT molecular complexity index is 1080. The number of hydrogen-bond donors (Lipinski definition) is 1. The highest BCUT2D eigenvalue weighted by molar-refractivity contribution is 5.93. The average molecular weight is 497 g/mol. The molecule has 2 fully saturated rings. The van der Waals surface area contributed by atoms with Crippen molar-refractivity contribution in [3.05, 3.63) is 47.5 Å². The quantitative estimate of drug-likeness (QED) is 0.410. The topological polar surface area (TPSA) is 88.5 Å². The SMILES string of the molecule is COc1cc(CC(=O)O)ccc1CN1C(=O)N(c2ccc(OC)c(OCCCC3CC3)c2)CC[C@@H]1C. The molecule has 1 N–H and O–H groups in total. The van der Waals surface area contributed by atoms with E-state index in [1.165, 1.54) is 19.3 Å². The van der Waals surface area contributed by atoms with E-state index in [1.807, 2.05) is 36.1 Å². The summed E-state index contributed by atoms with van der Waals surface area (Å²) in [6, 6.07) is 11.0. The molecule has 0 bridgehead atoms. The van der Waals surface area contributed by atoms with Gasteiger partial charge in [-0.2, -0.15) is 0 Å². The minimum Gasteiger partial charge on any atom is -0.496 e. The van der Waals surface area contributed by atoms with E-state index in [0.717, 1.165) is 30.0 Å². The molecular weight excluding hydrogens is 460 g/mol. The van der Waals surface area contributed by atoms with Crippen LogP contribution < -0.4 is 19.1 Å². The van der Waals surface area contributed by atoms with E-state index in [4.69, 9.17) is 19.3 Å². The van der Waals surface area contributed by atoms with Crippen LogP contribution in [0, 0.1) is 5.92 Å². The number of aliphatic carboxylic acids is 1. The zero-order chi connectivity index (χ0) is 25.7. The maximum Gasteiger partial charge on any atom is 0.325 e. The van der Waals surface area contributed by atoms with E-state index in [-0.39, 0.29) is 18.5 Å². The zero-order valence-electron chi connectivity index (χ0n) is 21.4. The number of hydrogen-bond acceptors (Lipinski definition) is 5. The molecule has 0 spiro atoms. The van der Waals surface area contributed by atoms with Crippen LogP contribution in [0.15, 0.2) is 36.4 Å². The number of urea groups is 1. The zero-order valence-corrected chi connectivity index (χ0v) is 21.4. The second-order valence-corrected chi connectivity index (χ2v) is 9.69. The molecule has 1 atom stereocenters. The van der Waals surface area contributed by atoms with Gasteiger partial charge < -0.3 is 24.2 Å². The number of rotatable bonds is 12. The Balaban J connectivity index is 1.49. The van der Waals surface area contributed by atoms with Crippen molar-refractivity contribution in [3.63, 3.8) is 0 Å². The van der Waals surface area contributed by atoms with E-state index >= 15 is 0 Å². The normalized spacial score (nSPS) is 17.8. The maximum absolute atomic E-state index is 13.6. The molecule has 1 saturated heterocycles. The summed E-state index contributed by atoms with van der Waals surface area (Å²) in [6.45, 7) is 3.65. The van der Waals surface area contributed by atoms with Crippen LogP contribution in [0.3, 0.4) is 0 Å². The van der Waals surface area contributed by atoms with Gasteiger partial charge in [-0.25, -0.2) is 4.79 Å². The molecule has 8 nitrogen and oxygen atoms in total. The number of carboxylic acid groups (broad SMARTS) is 1. The van der Waals surface area contributed by atoms with E-state index in [1.54, 1.807) is 31.3 Å². The third-order valence-electron chi connectivity index (χ3n) is 7.00. The summed E-state index contributed by atoms with van der Waals surface area (Å²) < 4.78 is 17.1. The van der Waals surface area contributed by atoms with Crippen LogP contribution in [0.25, 0.3) is 0 Å². The number of methoxy groups -OCH3 is 2. The van der Waals surface area contributed by atoms with Crippen LogP contribution in [-0.4, -0.2) is 55.4 Å². The lowest BCUT2D eigenvalue weighted by Gasteiger charge is -2.40. The highest BCUT2D eigenvalue weighted by atomic mass is 16.5. The lowest BCUT2D eigenvalue weighted by atomic mass is 10.0. The molecule has 2 aliphatic rings. The number of benzene rings is 2. The molecule has 2 amide bonds. The standard InChI is InChI=1S/C28H36N2O6/c1-19-12-13-29(23-10-11-24(34-2)26(17-23)36-14-4-5-20-6-7-20)28(33)30(19)18-22-9-8-21(16-27(31)32)15-25(22)35-3/h8-11,15,17,19-20H,4-7,12-14,16,18H2,1-3H3,(H,31,32)/t19-/m0/s1. The fraction of sp³-hybridized carbons (Fsp3) is 0.500. The van der Waals surface area contributed by atoms with Crippen LogP contribution in [0.2, 0.25) is 0 Å². The van der Waals surface area contributed by atoms with Gasteiger partial charge in [0.1, 0.15) is 5.75 Å². The molecule has 1 aliphatic heterocycles. The molecule has 0 radical (unpaired) electrons. The number of carbonyl (C=O) groups is 2. The monoisotopic (exact) mass is 496 g/mol. The Kier molecular flexibility index (Phi) is 8.23. The Labute approximate surface area is 212 Å². The molecule has 2 aromatic rings. The number of carboxylic acids is 1. The fourth-order valence-corrected chi connectivity index (χ4v) is 4.67. The van der Waals surface area contributed by atoms with Crippen molar-refractivity contribution >= 4 is 17.7 Å². The number of nitrogens with zero attached hydrogens (tertiary/aromatic N) is 2. The molecule has 194 valence electrons. The summed E-state index contributed by atoms with van der Waals surface area (Å²) in [7, 11) is 3.18. The largest absolute Gasteiger partial charge is 0.496 e. The lowest BCUT2D eigenvalue weighted by molar-refractivity contribution is -0.136. The van der Waals surface area contributed by atoms with E-state index in [2.05, 4.69) is 0 Å². The molecular formula is C28H36N2O6. The van der Waals surface area contributed by atoms with Crippen LogP contribution >= 0.6 is 0 Å².